The molecule has 1 aromatic heterocycles. The van der Waals surface area contributed by atoms with Gasteiger partial charge in [-0.2, -0.15) is 0 Å². The smallest absolute Gasteiger partial charge is 0.323 e. The largest absolute Gasteiger partial charge is 0.468 e. The van der Waals surface area contributed by atoms with Crippen molar-refractivity contribution in [2.75, 3.05) is 7.11 Å². The van der Waals surface area contributed by atoms with Gasteiger partial charge in [0, 0.05) is 19.2 Å². The molecule has 2 rings (SSSR count). The molecule has 0 aliphatic carbocycles. The Morgan fingerprint density at radius 3 is 2.75 bits per heavy atom. The van der Waals surface area contributed by atoms with Crippen LogP contribution in [0.15, 0.2) is 42.9 Å². The van der Waals surface area contributed by atoms with Crippen LogP contribution >= 0.6 is 12.4 Å². The number of halogens is 1. The van der Waals surface area contributed by atoms with Gasteiger partial charge in [0.25, 0.3) is 0 Å². The van der Waals surface area contributed by atoms with Crippen molar-refractivity contribution in [1.82, 2.24) is 15.3 Å². The van der Waals surface area contributed by atoms with Crippen molar-refractivity contribution in [2.45, 2.75) is 19.0 Å². The van der Waals surface area contributed by atoms with E-state index in [4.69, 9.17) is 4.74 Å². The molecule has 0 saturated heterocycles. The van der Waals surface area contributed by atoms with E-state index in [0.717, 1.165) is 11.3 Å². The Balaban J connectivity index is 0.00000200. The third-order valence-electron chi connectivity index (χ3n) is 2.85. The quantitative estimate of drug-likeness (QED) is 0.796. The van der Waals surface area contributed by atoms with Crippen molar-refractivity contribution in [1.29, 1.82) is 0 Å². The Morgan fingerprint density at radius 2 is 2.15 bits per heavy atom. The molecule has 20 heavy (non-hydrogen) atoms. The number of esters is 1. The van der Waals surface area contributed by atoms with E-state index in [9.17, 15) is 4.79 Å². The van der Waals surface area contributed by atoms with Crippen LogP contribution in [0.1, 0.15) is 11.3 Å². The minimum Gasteiger partial charge on any atom is -0.468 e. The number of aromatic amines is 1. The fourth-order valence-electron chi connectivity index (χ4n) is 1.83. The summed E-state index contributed by atoms with van der Waals surface area (Å²) in [6.07, 6.45) is 3.88. The van der Waals surface area contributed by atoms with E-state index in [1.807, 2.05) is 30.3 Å². The molecule has 6 heteroatoms. The van der Waals surface area contributed by atoms with Gasteiger partial charge >= 0.3 is 5.97 Å². The number of H-pyrrole nitrogens is 1. The van der Waals surface area contributed by atoms with Crippen molar-refractivity contribution in [3.8, 4) is 0 Å². The Bertz CT molecular complexity index is 502. The van der Waals surface area contributed by atoms with Gasteiger partial charge in [0.15, 0.2) is 0 Å². The molecular weight excluding hydrogens is 278 g/mol. The predicted molar refractivity (Wildman–Crippen MR) is 78.6 cm³/mol. The molecule has 2 aromatic rings. The molecule has 0 fully saturated rings. The zero-order chi connectivity index (χ0) is 13.5. The minimum absolute atomic E-state index is 0. The van der Waals surface area contributed by atoms with E-state index in [2.05, 4.69) is 15.3 Å². The second-order valence-corrected chi connectivity index (χ2v) is 4.21. The highest BCUT2D eigenvalue weighted by atomic mass is 35.5. The van der Waals surface area contributed by atoms with Gasteiger partial charge in [-0.05, 0) is 5.56 Å². The molecule has 0 amide bonds. The summed E-state index contributed by atoms with van der Waals surface area (Å²) in [6, 6.07) is 9.53. The number of aromatic nitrogens is 2. The van der Waals surface area contributed by atoms with Crippen LogP contribution < -0.4 is 5.32 Å². The highest BCUT2D eigenvalue weighted by Crippen LogP contribution is 2.03. The van der Waals surface area contributed by atoms with Crippen LogP contribution in [0.4, 0.5) is 0 Å². The normalized spacial score (nSPS) is 11.4. The number of hydrogen-bond donors (Lipinski definition) is 2. The van der Waals surface area contributed by atoms with Crippen molar-refractivity contribution in [3.05, 3.63) is 54.1 Å². The van der Waals surface area contributed by atoms with Gasteiger partial charge in [-0.3, -0.25) is 10.1 Å². The molecule has 0 spiro atoms. The molecule has 0 radical (unpaired) electrons. The maximum absolute atomic E-state index is 11.7. The predicted octanol–water partition coefficient (Wildman–Crippen LogP) is 1.71. The van der Waals surface area contributed by atoms with Crippen molar-refractivity contribution in [2.24, 2.45) is 0 Å². The summed E-state index contributed by atoms with van der Waals surface area (Å²) in [5.41, 5.74) is 1.95. The third-order valence-corrected chi connectivity index (χ3v) is 2.85. The Morgan fingerprint density at radius 1 is 1.40 bits per heavy atom. The standard InChI is InChI=1S/C14H17N3O2.ClH/c1-19-14(18)13(7-12-9-15-10-17-12)16-8-11-5-3-2-4-6-11;/h2-6,9-10,13,16H,7-8H2,1H3,(H,15,17);1H/t13-;/m0./s1. The first-order chi connectivity index (χ1) is 9.29. The number of nitrogens with zero attached hydrogens (tertiary/aromatic N) is 1. The monoisotopic (exact) mass is 295 g/mol. The summed E-state index contributed by atoms with van der Waals surface area (Å²) >= 11 is 0. The average molecular weight is 296 g/mol. The van der Waals surface area contributed by atoms with E-state index >= 15 is 0 Å². The molecule has 1 atom stereocenters. The number of nitrogens with one attached hydrogen (secondary N) is 2. The van der Waals surface area contributed by atoms with Crippen molar-refractivity contribution < 1.29 is 9.53 Å². The number of benzene rings is 1. The van der Waals surface area contributed by atoms with E-state index in [-0.39, 0.29) is 18.4 Å². The highest BCUT2D eigenvalue weighted by Gasteiger charge is 2.19. The molecule has 1 heterocycles. The van der Waals surface area contributed by atoms with Gasteiger partial charge in [-0.25, -0.2) is 4.98 Å². The maximum atomic E-state index is 11.7. The van der Waals surface area contributed by atoms with Gasteiger partial charge in [0.2, 0.25) is 0 Å². The van der Waals surface area contributed by atoms with Gasteiger partial charge in [-0.15, -0.1) is 12.4 Å². The second kappa shape index (κ2) is 8.35. The first kappa shape index (κ1) is 16.2. The lowest BCUT2D eigenvalue weighted by molar-refractivity contribution is -0.143. The summed E-state index contributed by atoms with van der Waals surface area (Å²) in [6.45, 7) is 0.616. The number of carbonyl (C=O) groups excluding carboxylic acids is 1. The van der Waals surface area contributed by atoms with E-state index in [1.54, 1.807) is 12.5 Å². The zero-order valence-electron chi connectivity index (χ0n) is 11.2. The Kier molecular flexibility index (Phi) is 6.76. The fourth-order valence-corrected chi connectivity index (χ4v) is 1.83. The summed E-state index contributed by atoms with van der Waals surface area (Å²) in [5, 5.41) is 3.20. The van der Waals surface area contributed by atoms with Crippen molar-refractivity contribution >= 4 is 18.4 Å². The number of imidazole rings is 1. The fraction of sp³-hybridized carbons (Fsp3) is 0.286. The minimum atomic E-state index is -0.395. The molecule has 0 aliphatic rings. The zero-order valence-corrected chi connectivity index (χ0v) is 12.0. The SMILES string of the molecule is COC(=O)[C@H](Cc1c[nH]cn1)NCc1ccccc1.Cl. The molecule has 0 bridgehead atoms. The number of ether oxygens (including phenoxy) is 1. The summed E-state index contributed by atoms with van der Waals surface area (Å²) in [7, 11) is 1.39. The second-order valence-electron chi connectivity index (χ2n) is 4.21. The van der Waals surface area contributed by atoms with Crippen LogP contribution in [0.25, 0.3) is 0 Å². The summed E-state index contributed by atoms with van der Waals surface area (Å²) in [4.78, 5) is 18.7. The molecule has 0 aliphatic heterocycles. The van der Waals surface area contributed by atoms with Crippen LogP contribution in [0.5, 0.6) is 0 Å². The summed E-state index contributed by atoms with van der Waals surface area (Å²) < 4.78 is 4.81. The first-order valence-electron chi connectivity index (χ1n) is 6.12. The molecule has 0 unspecified atom stereocenters. The number of rotatable bonds is 6. The lowest BCUT2D eigenvalue weighted by Gasteiger charge is -2.15. The maximum Gasteiger partial charge on any atom is 0.323 e. The van der Waals surface area contributed by atoms with Crippen LogP contribution in [-0.2, 0) is 22.5 Å². The molecule has 5 nitrogen and oxygen atoms in total. The van der Waals surface area contributed by atoms with E-state index < -0.39 is 6.04 Å². The molecule has 108 valence electrons. The Labute approximate surface area is 124 Å². The van der Waals surface area contributed by atoms with Crippen LogP contribution in [0.2, 0.25) is 0 Å². The van der Waals surface area contributed by atoms with Gasteiger partial charge in [0.1, 0.15) is 6.04 Å². The van der Waals surface area contributed by atoms with Crippen LogP contribution in [-0.4, -0.2) is 29.1 Å². The topological polar surface area (TPSA) is 67.0 Å². The molecule has 2 N–H and O–H groups in total. The number of carbonyl (C=O) groups is 1. The highest BCUT2D eigenvalue weighted by molar-refractivity contribution is 5.85. The first-order valence-corrected chi connectivity index (χ1v) is 6.12. The lowest BCUT2D eigenvalue weighted by atomic mass is 10.1. The van der Waals surface area contributed by atoms with Gasteiger partial charge < -0.3 is 9.72 Å². The molecule has 0 saturated carbocycles. The number of hydrogen-bond acceptors (Lipinski definition) is 4. The number of methoxy groups -OCH3 is 1. The van der Waals surface area contributed by atoms with Gasteiger partial charge in [-0.1, -0.05) is 30.3 Å². The van der Waals surface area contributed by atoms with Crippen LogP contribution in [0.3, 0.4) is 0 Å². The molecular formula is C14H18ClN3O2. The van der Waals surface area contributed by atoms with E-state index in [1.165, 1.54) is 7.11 Å². The Hall–Kier alpha value is -1.85. The van der Waals surface area contributed by atoms with Gasteiger partial charge in [0.05, 0.1) is 19.1 Å². The van der Waals surface area contributed by atoms with E-state index in [0.29, 0.717) is 13.0 Å². The average Bonchev–Trinajstić information content (AvgIpc) is 2.96. The lowest BCUT2D eigenvalue weighted by Crippen LogP contribution is -2.39. The summed E-state index contributed by atoms with van der Waals surface area (Å²) in [5.74, 6) is -0.279. The third kappa shape index (κ3) is 4.68. The van der Waals surface area contributed by atoms with Crippen LogP contribution in [0, 0.1) is 0 Å². The molecule has 1 aromatic carbocycles. The van der Waals surface area contributed by atoms with Crippen molar-refractivity contribution in [3.63, 3.8) is 0 Å².